The summed E-state index contributed by atoms with van der Waals surface area (Å²) in [5.41, 5.74) is 0. The fourth-order valence-corrected chi connectivity index (χ4v) is 6.41. The normalized spacial score (nSPS) is 18.5. The number of rotatable bonds is 5. The summed E-state index contributed by atoms with van der Waals surface area (Å²) < 4.78 is 13.3. The van der Waals surface area contributed by atoms with E-state index in [4.69, 9.17) is 0 Å². The summed E-state index contributed by atoms with van der Waals surface area (Å²) in [7, 11) is -2.82. The standard InChI is InChI=1S/C19H24FNOSi/c20-17-9-11-19(12-10-17)23(22,18-7-3-1-4-8-18)16-15-21-13-5-2-6-14-21/h1,3-4,7-12,22H,2,5-6,13-16H2. The molecular weight excluding hydrogens is 305 g/mol. The van der Waals surface area contributed by atoms with Gasteiger partial charge in [0, 0.05) is 0 Å². The van der Waals surface area contributed by atoms with Crippen molar-refractivity contribution in [1.29, 1.82) is 0 Å². The molecule has 1 fully saturated rings. The highest BCUT2D eigenvalue weighted by Gasteiger charge is 2.36. The molecule has 1 atom stereocenters. The van der Waals surface area contributed by atoms with Crippen LogP contribution < -0.4 is 10.4 Å². The highest BCUT2D eigenvalue weighted by atomic mass is 28.4. The Morgan fingerprint density at radius 2 is 1.48 bits per heavy atom. The Hall–Kier alpha value is -1.49. The molecule has 2 aromatic rings. The van der Waals surface area contributed by atoms with Crippen LogP contribution in [-0.4, -0.2) is 37.6 Å². The summed E-state index contributed by atoms with van der Waals surface area (Å²) in [5, 5.41) is 1.89. The number of halogens is 1. The first-order valence-electron chi connectivity index (χ1n) is 8.45. The minimum Gasteiger partial charge on any atom is -0.424 e. The quantitative estimate of drug-likeness (QED) is 0.851. The Morgan fingerprint density at radius 3 is 2.13 bits per heavy atom. The van der Waals surface area contributed by atoms with Gasteiger partial charge in [-0.25, -0.2) is 4.39 Å². The van der Waals surface area contributed by atoms with Crippen LogP contribution in [0.4, 0.5) is 4.39 Å². The predicted molar refractivity (Wildman–Crippen MR) is 95.2 cm³/mol. The van der Waals surface area contributed by atoms with E-state index in [1.54, 1.807) is 12.1 Å². The highest BCUT2D eigenvalue weighted by molar-refractivity contribution is 6.96. The minimum absolute atomic E-state index is 0.255. The lowest BCUT2D eigenvalue weighted by Gasteiger charge is -2.32. The van der Waals surface area contributed by atoms with Gasteiger partial charge in [-0.1, -0.05) is 48.9 Å². The summed E-state index contributed by atoms with van der Waals surface area (Å²) in [6, 6.07) is 17.1. The Morgan fingerprint density at radius 1 is 0.870 bits per heavy atom. The first-order valence-corrected chi connectivity index (χ1v) is 10.6. The lowest BCUT2D eigenvalue weighted by molar-refractivity contribution is 0.238. The summed E-state index contributed by atoms with van der Waals surface area (Å²) in [6.07, 6.45) is 3.82. The van der Waals surface area contributed by atoms with Crippen molar-refractivity contribution in [3.63, 3.8) is 0 Å². The largest absolute Gasteiger partial charge is 0.424 e. The average Bonchev–Trinajstić information content (AvgIpc) is 2.62. The lowest BCUT2D eigenvalue weighted by atomic mass is 10.1. The van der Waals surface area contributed by atoms with Gasteiger partial charge >= 0.3 is 0 Å². The molecule has 23 heavy (non-hydrogen) atoms. The van der Waals surface area contributed by atoms with Gasteiger partial charge in [-0.2, -0.15) is 0 Å². The molecular formula is C19H24FNOSi. The van der Waals surface area contributed by atoms with Crippen molar-refractivity contribution in [3.8, 4) is 0 Å². The molecule has 0 spiro atoms. The molecule has 1 N–H and O–H groups in total. The van der Waals surface area contributed by atoms with Crippen LogP contribution in [0.5, 0.6) is 0 Å². The first-order chi connectivity index (χ1) is 11.2. The van der Waals surface area contributed by atoms with E-state index >= 15 is 0 Å². The minimum atomic E-state index is -2.82. The molecule has 0 saturated carbocycles. The van der Waals surface area contributed by atoms with E-state index in [-0.39, 0.29) is 5.82 Å². The number of hydrogen-bond donors (Lipinski definition) is 1. The van der Waals surface area contributed by atoms with Crippen LogP contribution in [0, 0.1) is 5.82 Å². The van der Waals surface area contributed by atoms with Crippen LogP contribution in [0.3, 0.4) is 0 Å². The second kappa shape index (κ2) is 7.38. The Kier molecular flexibility index (Phi) is 5.26. The first kappa shape index (κ1) is 16.4. The van der Waals surface area contributed by atoms with Crippen LogP contribution in [0.25, 0.3) is 0 Å². The van der Waals surface area contributed by atoms with Crippen molar-refractivity contribution in [3.05, 3.63) is 60.4 Å². The second-order valence-corrected chi connectivity index (χ2v) is 9.76. The molecule has 0 aliphatic carbocycles. The third-order valence-corrected chi connectivity index (χ3v) is 8.34. The Labute approximate surface area is 138 Å². The van der Waals surface area contributed by atoms with Gasteiger partial charge < -0.3 is 9.70 Å². The van der Waals surface area contributed by atoms with Gasteiger partial charge in [-0.15, -0.1) is 0 Å². The molecule has 1 unspecified atom stereocenters. The van der Waals surface area contributed by atoms with Crippen LogP contribution in [-0.2, 0) is 0 Å². The van der Waals surface area contributed by atoms with Gasteiger partial charge in [0.2, 0.25) is 0 Å². The molecule has 1 aliphatic rings. The monoisotopic (exact) mass is 329 g/mol. The molecule has 1 heterocycles. The number of hydrogen-bond acceptors (Lipinski definition) is 2. The van der Waals surface area contributed by atoms with Crippen LogP contribution in [0.2, 0.25) is 6.04 Å². The average molecular weight is 329 g/mol. The maximum absolute atomic E-state index is 13.3. The third kappa shape index (κ3) is 3.89. The number of piperidine rings is 1. The number of nitrogens with zero attached hydrogens (tertiary/aromatic N) is 1. The SMILES string of the molecule is O[Si](CCN1CCCCC1)(c1ccccc1)c1ccc(F)cc1. The molecule has 0 radical (unpaired) electrons. The van der Waals surface area contributed by atoms with Crippen LogP contribution in [0.15, 0.2) is 54.6 Å². The molecule has 122 valence electrons. The molecule has 0 aromatic heterocycles. The summed E-state index contributed by atoms with van der Waals surface area (Å²) in [5.74, 6) is -0.255. The van der Waals surface area contributed by atoms with E-state index in [1.165, 1.54) is 31.4 Å². The fourth-order valence-electron chi connectivity index (χ4n) is 3.40. The maximum Gasteiger partial charge on any atom is 0.253 e. The Balaban J connectivity index is 1.85. The summed E-state index contributed by atoms with van der Waals surface area (Å²) in [6.45, 7) is 3.17. The molecule has 3 rings (SSSR count). The molecule has 2 aromatic carbocycles. The van der Waals surface area contributed by atoms with E-state index in [0.29, 0.717) is 0 Å². The van der Waals surface area contributed by atoms with Crippen molar-refractivity contribution in [1.82, 2.24) is 4.90 Å². The number of benzene rings is 2. The zero-order chi connectivity index (χ0) is 16.1. The molecule has 4 heteroatoms. The second-order valence-electron chi connectivity index (χ2n) is 6.39. The smallest absolute Gasteiger partial charge is 0.253 e. The van der Waals surface area contributed by atoms with Gasteiger partial charge in [-0.05, 0) is 61.0 Å². The molecule has 1 saturated heterocycles. The van der Waals surface area contributed by atoms with E-state index < -0.39 is 8.32 Å². The van der Waals surface area contributed by atoms with E-state index in [9.17, 15) is 9.19 Å². The van der Waals surface area contributed by atoms with Gasteiger partial charge in [-0.3, -0.25) is 0 Å². The van der Waals surface area contributed by atoms with Crippen molar-refractivity contribution >= 4 is 18.7 Å². The zero-order valence-electron chi connectivity index (χ0n) is 13.4. The van der Waals surface area contributed by atoms with Crippen molar-refractivity contribution in [2.75, 3.05) is 19.6 Å². The van der Waals surface area contributed by atoms with Crippen LogP contribution >= 0.6 is 0 Å². The van der Waals surface area contributed by atoms with E-state index in [1.807, 2.05) is 30.3 Å². The van der Waals surface area contributed by atoms with Gasteiger partial charge in [0.15, 0.2) is 0 Å². The zero-order valence-corrected chi connectivity index (χ0v) is 14.4. The lowest BCUT2D eigenvalue weighted by Crippen LogP contribution is -2.60. The maximum atomic E-state index is 13.3. The Bertz CT molecular complexity index is 613. The predicted octanol–water partition coefficient (Wildman–Crippen LogP) is 2.36. The summed E-state index contributed by atoms with van der Waals surface area (Å²) >= 11 is 0. The molecule has 0 amide bonds. The molecule has 0 bridgehead atoms. The van der Waals surface area contributed by atoms with Gasteiger partial charge in [0.05, 0.1) is 0 Å². The van der Waals surface area contributed by atoms with E-state index in [0.717, 1.165) is 36.1 Å². The van der Waals surface area contributed by atoms with Crippen molar-refractivity contribution in [2.45, 2.75) is 25.3 Å². The fraction of sp³-hybridized carbons (Fsp3) is 0.368. The molecule has 2 nitrogen and oxygen atoms in total. The van der Waals surface area contributed by atoms with Gasteiger partial charge in [0.1, 0.15) is 5.82 Å². The summed E-state index contributed by atoms with van der Waals surface area (Å²) in [4.78, 5) is 14.0. The number of likely N-dealkylation sites (tertiary alicyclic amines) is 1. The van der Waals surface area contributed by atoms with Gasteiger partial charge in [0.25, 0.3) is 8.32 Å². The molecule has 1 aliphatic heterocycles. The van der Waals surface area contributed by atoms with Crippen molar-refractivity contribution < 1.29 is 9.19 Å². The highest BCUT2D eigenvalue weighted by Crippen LogP contribution is 2.14. The van der Waals surface area contributed by atoms with E-state index in [2.05, 4.69) is 4.90 Å². The topological polar surface area (TPSA) is 23.5 Å². The van der Waals surface area contributed by atoms with Crippen LogP contribution in [0.1, 0.15) is 19.3 Å². The van der Waals surface area contributed by atoms with Crippen molar-refractivity contribution in [2.24, 2.45) is 0 Å². The third-order valence-electron chi connectivity index (χ3n) is 4.81.